The maximum Gasteiger partial charge on any atom is 0.365 e. The first kappa shape index (κ1) is 28.1. The zero-order chi connectivity index (χ0) is 30.4. The zero-order valence-corrected chi connectivity index (χ0v) is 24.6. The zero-order valence-electron chi connectivity index (χ0n) is 23.8. The molecule has 1 amide bonds. The minimum Gasteiger partial charge on any atom is -0.476 e. The molecule has 4 aromatic rings. The fourth-order valence-corrected chi connectivity index (χ4v) is 7.32. The van der Waals surface area contributed by atoms with E-state index in [0.29, 0.717) is 46.9 Å². The monoisotopic (exact) mass is 607 g/mol. The number of Topliss-reactive ketones (excluding diaryl/α,β-unsaturated/α-hetero) is 1. The average Bonchev–Trinajstić information content (AvgIpc) is 3.42. The second-order valence-electron chi connectivity index (χ2n) is 11.4. The molecule has 44 heavy (non-hydrogen) atoms. The summed E-state index contributed by atoms with van der Waals surface area (Å²) in [5.41, 5.74) is 3.38. The van der Waals surface area contributed by atoms with Gasteiger partial charge in [0.2, 0.25) is 10.8 Å². The van der Waals surface area contributed by atoms with Crippen LogP contribution in [0.5, 0.6) is 0 Å². The molecule has 2 N–H and O–H groups in total. The molecular weight excluding hydrogens is 578 g/mol. The lowest BCUT2D eigenvalue weighted by Crippen LogP contribution is -2.59. The van der Waals surface area contributed by atoms with Crippen LogP contribution in [0.15, 0.2) is 66.9 Å². The topological polar surface area (TPSA) is 137 Å². The van der Waals surface area contributed by atoms with Gasteiger partial charge in [-0.3, -0.25) is 15.0 Å². The van der Waals surface area contributed by atoms with Gasteiger partial charge in [0.25, 0.3) is 5.91 Å². The molecule has 2 fully saturated rings. The number of aromatic carboxylic acids is 1. The number of hydrogen-bond acceptors (Lipinski definition) is 9. The third-order valence-electron chi connectivity index (χ3n) is 8.72. The smallest absolute Gasteiger partial charge is 0.365 e. The molecule has 10 nitrogen and oxygen atoms in total. The van der Waals surface area contributed by atoms with Crippen molar-refractivity contribution < 1.29 is 24.2 Å². The Labute approximate surface area is 257 Å². The molecule has 3 aliphatic rings. The summed E-state index contributed by atoms with van der Waals surface area (Å²) >= 11 is 1.11. The summed E-state index contributed by atoms with van der Waals surface area (Å²) in [5, 5.41) is 18.2. The Morgan fingerprint density at radius 1 is 0.955 bits per heavy atom. The molecule has 2 saturated heterocycles. The number of carbonyl (C=O) groups is 3. The van der Waals surface area contributed by atoms with Crippen molar-refractivity contribution in [1.82, 2.24) is 9.97 Å². The Balaban J connectivity index is 1.09. The lowest BCUT2D eigenvalue weighted by molar-refractivity contribution is -0.000505. The summed E-state index contributed by atoms with van der Waals surface area (Å²) < 4.78 is 5.52. The lowest BCUT2D eigenvalue weighted by atomic mass is 9.73. The van der Waals surface area contributed by atoms with Crippen LogP contribution in [0, 0.1) is 10.8 Å². The minimum atomic E-state index is -1.07. The summed E-state index contributed by atoms with van der Waals surface area (Å²) in [6, 6.07) is 17.4. The van der Waals surface area contributed by atoms with E-state index in [2.05, 4.69) is 14.9 Å². The number of fused-ring (bicyclic) bond motifs is 3. The van der Waals surface area contributed by atoms with Gasteiger partial charge < -0.3 is 19.6 Å². The molecule has 5 heterocycles. The number of aromatic nitrogens is 2. The number of pyridine rings is 1. The number of para-hydroxylation sites is 1. The van der Waals surface area contributed by atoms with Crippen molar-refractivity contribution in [3.05, 3.63) is 94.3 Å². The van der Waals surface area contributed by atoms with Gasteiger partial charge in [0, 0.05) is 67.6 Å². The maximum absolute atomic E-state index is 13.8. The Hall–Kier alpha value is -4.74. The largest absolute Gasteiger partial charge is 0.476 e. The van der Waals surface area contributed by atoms with Gasteiger partial charge in [0.15, 0.2) is 0 Å². The molecule has 0 unspecified atom stereocenters. The number of rotatable bonds is 6. The van der Waals surface area contributed by atoms with Crippen LogP contribution in [0.2, 0.25) is 0 Å². The van der Waals surface area contributed by atoms with Gasteiger partial charge in [-0.2, -0.15) is 0 Å². The number of ether oxygens (including phenoxy) is 1. The molecule has 0 radical (unpaired) electrons. The summed E-state index contributed by atoms with van der Waals surface area (Å²) in [7, 11) is 0. The summed E-state index contributed by atoms with van der Waals surface area (Å²) in [5.74, 6) is -1.11. The van der Waals surface area contributed by atoms with Crippen LogP contribution in [0.4, 0.5) is 11.5 Å². The van der Waals surface area contributed by atoms with Crippen LogP contribution >= 0.6 is 11.3 Å². The number of benzene rings is 2. The average molecular weight is 608 g/mol. The molecule has 0 saturated carbocycles. The molecule has 0 atom stereocenters. The van der Waals surface area contributed by atoms with E-state index in [-0.39, 0.29) is 22.0 Å². The van der Waals surface area contributed by atoms with Gasteiger partial charge in [-0.05, 0) is 43.2 Å². The first-order chi connectivity index (χ1) is 21.3. The molecule has 3 aliphatic heterocycles. The predicted molar refractivity (Wildman–Crippen MR) is 166 cm³/mol. The van der Waals surface area contributed by atoms with Crippen molar-refractivity contribution >= 4 is 46.2 Å². The number of nitrogens with one attached hydrogen (secondary N) is 1. The van der Waals surface area contributed by atoms with E-state index in [1.807, 2.05) is 24.3 Å². The van der Waals surface area contributed by atoms with Crippen molar-refractivity contribution in [2.45, 2.75) is 19.3 Å². The molecule has 2 aromatic carbocycles. The van der Waals surface area contributed by atoms with Crippen molar-refractivity contribution in [3.63, 3.8) is 0 Å². The van der Waals surface area contributed by atoms with E-state index in [4.69, 9.17) is 10.1 Å². The van der Waals surface area contributed by atoms with Crippen molar-refractivity contribution in [1.29, 1.82) is 5.41 Å². The number of amides is 1. The van der Waals surface area contributed by atoms with Crippen LogP contribution in [-0.2, 0) is 11.2 Å². The lowest BCUT2D eigenvalue weighted by Gasteiger charge is -2.53. The van der Waals surface area contributed by atoms with Gasteiger partial charge in [-0.15, -0.1) is 11.3 Å². The van der Waals surface area contributed by atoms with Crippen molar-refractivity contribution in [2.75, 3.05) is 42.6 Å². The molecule has 7 rings (SSSR count). The first-order valence-electron chi connectivity index (χ1n) is 14.5. The fourth-order valence-electron chi connectivity index (χ4n) is 6.33. The second-order valence-corrected chi connectivity index (χ2v) is 12.4. The van der Waals surface area contributed by atoms with E-state index >= 15 is 0 Å². The van der Waals surface area contributed by atoms with E-state index in [1.54, 1.807) is 47.5 Å². The number of nitrogens with zero attached hydrogens (tertiary/aromatic N) is 4. The van der Waals surface area contributed by atoms with E-state index in [9.17, 15) is 19.5 Å². The van der Waals surface area contributed by atoms with Gasteiger partial charge in [-0.25, -0.2) is 14.8 Å². The van der Waals surface area contributed by atoms with Gasteiger partial charge in [0.05, 0.1) is 21.8 Å². The minimum absolute atomic E-state index is 0.0312. The molecule has 1 spiro atoms. The predicted octanol–water partition coefficient (Wildman–Crippen LogP) is 4.97. The Kier molecular flexibility index (Phi) is 7.06. The normalized spacial score (nSPS) is 16.8. The molecule has 0 aliphatic carbocycles. The van der Waals surface area contributed by atoms with E-state index in [1.165, 1.54) is 0 Å². The summed E-state index contributed by atoms with van der Waals surface area (Å²) in [6.45, 7) is 3.49. The van der Waals surface area contributed by atoms with Crippen LogP contribution in [0.3, 0.4) is 0 Å². The Morgan fingerprint density at radius 3 is 2.43 bits per heavy atom. The number of hydrogen-bond donors (Lipinski definition) is 2. The van der Waals surface area contributed by atoms with Crippen LogP contribution in [0.1, 0.15) is 54.6 Å². The van der Waals surface area contributed by atoms with Crippen LogP contribution in [0.25, 0.3) is 10.4 Å². The first-order valence-corrected chi connectivity index (χ1v) is 15.3. The highest BCUT2D eigenvalue weighted by Crippen LogP contribution is 2.43. The third kappa shape index (κ3) is 4.87. The van der Waals surface area contributed by atoms with Crippen molar-refractivity contribution in [3.8, 4) is 10.4 Å². The number of carboxylic acids is 1. The SMILES string of the molecule is N=C(C(=O)c1cccnc1N1CC2(CCOCC2)C1)c1ccc(C(=O)N2CCc3nc(C(=O)O)sc3-c3ccccc32)cc1. The second kappa shape index (κ2) is 11.1. The highest BCUT2D eigenvalue weighted by atomic mass is 32.1. The fraction of sp³-hybridized carbons (Fsp3) is 0.273. The van der Waals surface area contributed by atoms with Crippen LogP contribution < -0.4 is 9.80 Å². The number of carboxylic acid groups (broad SMARTS) is 1. The quantitative estimate of drug-likeness (QED) is 0.232. The van der Waals surface area contributed by atoms with Crippen LogP contribution in [-0.4, -0.2) is 71.3 Å². The molecular formula is C33H29N5O5S. The van der Waals surface area contributed by atoms with Crippen molar-refractivity contribution in [2.24, 2.45) is 5.41 Å². The van der Waals surface area contributed by atoms with E-state index < -0.39 is 11.8 Å². The highest BCUT2D eigenvalue weighted by molar-refractivity contribution is 7.17. The number of thiazole rings is 1. The highest BCUT2D eigenvalue weighted by Gasteiger charge is 2.45. The number of anilines is 2. The number of carbonyl (C=O) groups excluding carboxylic acids is 2. The number of ketones is 1. The van der Waals surface area contributed by atoms with Gasteiger partial charge in [-0.1, -0.05) is 30.3 Å². The Morgan fingerprint density at radius 2 is 1.68 bits per heavy atom. The van der Waals surface area contributed by atoms with E-state index in [0.717, 1.165) is 60.9 Å². The van der Waals surface area contributed by atoms with Gasteiger partial charge in [0.1, 0.15) is 11.5 Å². The standard InChI is InChI=1S/C33H29N5O5S/c34-26(27(39)23-5-3-14-35-29(23)37-18-33(19-37)12-16-43-17-13-33)20-7-9-21(10-8-20)31(40)38-15-11-24-28(44-30(36-24)32(41)42)22-4-1-2-6-25(22)38/h1-10,14,34H,11-13,15-19H2,(H,41,42). The summed E-state index contributed by atoms with van der Waals surface area (Å²) in [6.07, 6.45) is 4.09. The van der Waals surface area contributed by atoms with Gasteiger partial charge >= 0.3 is 5.97 Å². The maximum atomic E-state index is 13.8. The molecule has 11 heteroatoms. The Bertz CT molecular complexity index is 1800. The summed E-state index contributed by atoms with van der Waals surface area (Å²) in [4.78, 5) is 52.2. The molecule has 222 valence electrons. The molecule has 2 aromatic heterocycles. The molecule has 0 bridgehead atoms. The third-order valence-corrected chi connectivity index (χ3v) is 9.84.